The summed E-state index contributed by atoms with van der Waals surface area (Å²) in [5.41, 5.74) is 1.85. The molecule has 1 unspecified atom stereocenters. The van der Waals surface area contributed by atoms with Gasteiger partial charge in [-0.25, -0.2) is 13.2 Å². The van der Waals surface area contributed by atoms with Crippen molar-refractivity contribution in [2.45, 2.75) is 37.7 Å². The Kier molecular flexibility index (Phi) is 6.11. The molecule has 4 rings (SSSR count). The molecular formula is C23H23ClN2O5S. The van der Waals surface area contributed by atoms with Crippen molar-refractivity contribution in [1.29, 1.82) is 0 Å². The molecular weight excluding hydrogens is 452 g/mol. The van der Waals surface area contributed by atoms with Crippen molar-refractivity contribution >= 4 is 44.3 Å². The van der Waals surface area contributed by atoms with E-state index in [1.54, 1.807) is 6.92 Å². The number of benzene rings is 2. The van der Waals surface area contributed by atoms with Gasteiger partial charge in [-0.05, 0) is 51.0 Å². The van der Waals surface area contributed by atoms with Crippen LogP contribution in [-0.4, -0.2) is 48.7 Å². The number of carbonyl (C=O) groups is 2. The summed E-state index contributed by atoms with van der Waals surface area (Å²) in [5.74, 6) is -1.21. The second-order valence-electron chi connectivity index (χ2n) is 7.84. The number of aromatic amines is 1. The van der Waals surface area contributed by atoms with Crippen LogP contribution in [0.3, 0.4) is 0 Å². The lowest BCUT2D eigenvalue weighted by molar-refractivity contribution is 0.0319. The normalized spacial score (nSPS) is 15.7. The fraction of sp³-hybridized carbons (Fsp3) is 0.304. The number of nitrogens with one attached hydrogen (secondary N) is 1. The number of para-hydroxylation sites is 1. The third-order valence-corrected chi connectivity index (χ3v) is 7.88. The topological polar surface area (TPSA) is 96.5 Å². The number of ether oxygens (including phenoxy) is 1. The Labute approximate surface area is 191 Å². The number of hydrogen-bond acceptors (Lipinski definition) is 5. The van der Waals surface area contributed by atoms with Crippen molar-refractivity contribution in [1.82, 2.24) is 9.29 Å². The molecule has 1 aliphatic rings. The molecule has 2 aromatic carbocycles. The largest absolute Gasteiger partial charge is 0.451 e. The molecule has 1 aromatic heterocycles. The summed E-state index contributed by atoms with van der Waals surface area (Å²) in [7, 11) is -3.73. The second kappa shape index (κ2) is 8.69. The SMILES string of the molecule is Cc1[nH]c2ccccc2c1C(=O)C(C)OC(=O)c1cc(S(=O)(=O)N2CCCC2)ccc1Cl. The zero-order chi connectivity index (χ0) is 23.0. The van der Waals surface area contributed by atoms with Gasteiger partial charge in [0.25, 0.3) is 0 Å². The number of aromatic nitrogens is 1. The first-order valence-corrected chi connectivity index (χ1v) is 12.1. The number of fused-ring (bicyclic) bond motifs is 1. The Hall–Kier alpha value is -2.68. The monoisotopic (exact) mass is 474 g/mol. The maximum absolute atomic E-state index is 13.1. The van der Waals surface area contributed by atoms with Gasteiger partial charge in [0.05, 0.1) is 15.5 Å². The summed E-state index contributed by atoms with van der Waals surface area (Å²) >= 11 is 6.17. The molecule has 0 radical (unpaired) electrons. The quantitative estimate of drug-likeness (QED) is 0.423. The number of nitrogens with zero attached hydrogens (tertiary/aromatic N) is 1. The molecule has 32 heavy (non-hydrogen) atoms. The van der Waals surface area contributed by atoms with E-state index >= 15 is 0 Å². The van der Waals surface area contributed by atoms with Crippen molar-refractivity contribution in [2.75, 3.05) is 13.1 Å². The average molecular weight is 475 g/mol. The van der Waals surface area contributed by atoms with Crippen molar-refractivity contribution < 1.29 is 22.7 Å². The highest BCUT2D eigenvalue weighted by molar-refractivity contribution is 7.89. The first-order valence-electron chi connectivity index (χ1n) is 10.3. The zero-order valence-electron chi connectivity index (χ0n) is 17.7. The van der Waals surface area contributed by atoms with E-state index in [4.69, 9.17) is 16.3 Å². The van der Waals surface area contributed by atoms with Crippen LogP contribution in [0.2, 0.25) is 5.02 Å². The summed E-state index contributed by atoms with van der Waals surface area (Å²) in [4.78, 5) is 29.0. The molecule has 0 aliphatic carbocycles. The highest BCUT2D eigenvalue weighted by Gasteiger charge is 2.30. The lowest BCUT2D eigenvalue weighted by Crippen LogP contribution is -2.28. The van der Waals surface area contributed by atoms with Gasteiger partial charge < -0.3 is 9.72 Å². The van der Waals surface area contributed by atoms with Gasteiger partial charge in [-0.2, -0.15) is 4.31 Å². The average Bonchev–Trinajstić information content (AvgIpc) is 3.41. The Bertz CT molecular complexity index is 1310. The first kappa shape index (κ1) is 22.5. The molecule has 0 spiro atoms. The van der Waals surface area contributed by atoms with Crippen molar-refractivity contribution in [3.8, 4) is 0 Å². The molecule has 3 aromatic rings. The van der Waals surface area contributed by atoms with Crippen LogP contribution in [-0.2, 0) is 14.8 Å². The molecule has 7 nitrogen and oxygen atoms in total. The van der Waals surface area contributed by atoms with Crippen LogP contribution in [0.4, 0.5) is 0 Å². The van der Waals surface area contributed by atoms with Gasteiger partial charge in [0.2, 0.25) is 15.8 Å². The second-order valence-corrected chi connectivity index (χ2v) is 10.2. The lowest BCUT2D eigenvalue weighted by atomic mass is 10.0. The van der Waals surface area contributed by atoms with Gasteiger partial charge in [0.15, 0.2) is 6.10 Å². The Morgan fingerprint density at radius 3 is 2.53 bits per heavy atom. The van der Waals surface area contributed by atoms with Crippen LogP contribution in [0, 0.1) is 6.92 Å². The summed E-state index contributed by atoms with van der Waals surface area (Å²) in [6.45, 7) is 4.16. The van der Waals surface area contributed by atoms with E-state index in [2.05, 4.69) is 4.98 Å². The van der Waals surface area contributed by atoms with Gasteiger partial charge in [0.1, 0.15) is 0 Å². The van der Waals surface area contributed by atoms with E-state index in [9.17, 15) is 18.0 Å². The van der Waals surface area contributed by atoms with E-state index in [0.717, 1.165) is 23.7 Å². The van der Waals surface area contributed by atoms with Gasteiger partial charge in [-0.3, -0.25) is 4.79 Å². The number of carbonyl (C=O) groups excluding carboxylic acids is 2. The summed E-state index contributed by atoms with van der Waals surface area (Å²) in [5, 5.41) is 0.799. The maximum Gasteiger partial charge on any atom is 0.340 e. The smallest absolute Gasteiger partial charge is 0.340 e. The minimum Gasteiger partial charge on any atom is -0.451 e. The molecule has 1 atom stereocenters. The van der Waals surface area contributed by atoms with Crippen LogP contribution in [0.5, 0.6) is 0 Å². The molecule has 0 saturated carbocycles. The number of Topliss-reactive ketones (excluding diaryl/α,β-unsaturated/α-hetero) is 1. The highest BCUT2D eigenvalue weighted by atomic mass is 35.5. The van der Waals surface area contributed by atoms with Gasteiger partial charge in [-0.15, -0.1) is 0 Å². The van der Waals surface area contributed by atoms with E-state index < -0.39 is 22.1 Å². The fourth-order valence-electron chi connectivity index (χ4n) is 3.97. The fourth-order valence-corrected chi connectivity index (χ4v) is 5.71. The number of rotatable bonds is 6. The van der Waals surface area contributed by atoms with Crippen molar-refractivity contribution in [3.63, 3.8) is 0 Å². The standard InChI is InChI=1S/C23H23ClN2O5S/c1-14-21(17-7-3-4-8-20(17)25-14)22(27)15(2)31-23(28)18-13-16(9-10-19(18)24)32(29,30)26-11-5-6-12-26/h3-4,7-10,13,15,25H,5-6,11-12H2,1-2H3. The summed E-state index contributed by atoms with van der Waals surface area (Å²) < 4.78 is 32.5. The molecule has 9 heteroatoms. The number of halogens is 1. The Morgan fingerprint density at radius 2 is 1.81 bits per heavy atom. The molecule has 2 heterocycles. The van der Waals surface area contributed by atoms with Gasteiger partial charge in [-0.1, -0.05) is 29.8 Å². The van der Waals surface area contributed by atoms with Crippen LogP contribution in [0.25, 0.3) is 10.9 Å². The maximum atomic E-state index is 13.1. The molecule has 1 N–H and O–H groups in total. The molecule has 1 fully saturated rings. The van der Waals surface area contributed by atoms with E-state index in [0.29, 0.717) is 24.3 Å². The Morgan fingerprint density at radius 1 is 1.12 bits per heavy atom. The highest BCUT2D eigenvalue weighted by Crippen LogP contribution is 2.27. The molecule has 168 valence electrons. The number of aryl methyl sites for hydroxylation is 1. The number of H-pyrrole nitrogens is 1. The van der Waals surface area contributed by atoms with Crippen molar-refractivity contribution in [2.24, 2.45) is 0 Å². The van der Waals surface area contributed by atoms with E-state index in [1.807, 2.05) is 24.3 Å². The number of hydrogen-bond donors (Lipinski definition) is 1. The molecule has 1 saturated heterocycles. The number of ketones is 1. The van der Waals surface area contributed by atoms with Crippen LogP contribution in [0.1, 0.15) is 46.2 Å². The third kappa shape index (κ3) is 4.05. The predicted octanol–water partition coefficient (Wildman–Crippen LogP) is 4.34. The van der Waals surface area contributed by atoms with Gasteiger partial charge in [0, 0.05) is 35.2 Å². The van der Waals surface area contributed by atoms with Crippen molar-refractivity contribution in [3.05, 3.63) is 64.3 Å². The van der Waals surface area contributed by atoms with Crippen LogP contribution in [0.15, 0.2) is 47.4 Å². The first-order chi connectivity index (χ1) is 15.2. The van der Waals surface area contributed by atoms with E-state index in [1.165, 1.54) is 29.4 Å². The number of sulfonamides is 1. The van der Waals surface area contributed by atoms with Crippen LogP contribution >= 0.6 is 11.6 Å². The minimum absolute atomic E-state index is 0.0257. The lowest BCUT2D eigenvalue weighted by Gasteiger charge is -2.17. The minimum atomic E-state index is -3.73. The third-order valence-electron chi connectivity index (χ3n) is 5.65. The van der Waals surface area contributed by atoms with Crippen LogP contribution < -0.4 is 0 Å². The summed E-state index contributed by atoms with van der Waals surface area (Å²) in [6.07, 6.45) is 0.513. The zero-order valence-corrected chi connectivity index (χ0v) is 19.3. The predicted molar refractivity (Wildman–Crippen MR) is 122 cm³/mol. The molecule has 0 amide bonds. The molecule has 0 bridgehead atoms. The number of esters is 1. The Balaban J connectivity index is 1.58. The van der Waals surface area contributed by atoms with E-state index in [-0.39, 0.29) is 21.3 Å². The summed E-state index contributed by atoms with van der Waals surface area (Å²) in [6, 6.07) is 11.3. The molecule has 1 aliphatic heterocycles. The van der Waals surface area contributed by atoms with Gasteiger partial charge >= 0.3 is 5.97 Å².